The number of hydrogen-bond donors (Lipinski definition) is 0. The van der Waals surface area contributed by atoms with Gasteiger partial charge < -0.3 is 9.47 Å². The number of quaternary nitrogens is 1. The Hall–Kier alpha value is -2.98. The van der Waals surface area contributed by atoms with Gasteiger partial charge in [0.1, 0.15) is 0 Å². The van der Waals surface area contributed by atoms with E-state index in [9.17, 15) is 8.78 Å². The molecule has 1 atom stereocenters. The molecule has 4 aromatic rings. The number of likely N-dealkylation sites (N-methyl/N-ethyl adjacent to an activating group) is 1. The quantitative estimate of drug-likeness (QED) is 0.232. The van der Waals surface area contributed by atoms with Gasteiger partial charge in [0.25, 0.3) is 0 Å². The number of aromatic nitrogens is 3. The molecule has 0 spiro atoms. The van der Waals surface area contributed by atoms with Gasteiger partial charge >= 0.3 is 0 Å². The van der Waals surface area contributed by atoms with Crippen LogP contribution in [0.25, 0.3) is 32.8 Å². The molecule has 1 unspecified atom stereocenters. The highest BCUT2D eigenvalue weighted by Crippen LogP contribution is 2.45. The van der Waals surface area contributed by atoms with Crippen LogP contribution < -0.4 is 4.48 Å². The van der Waals surface area contributed by atoms with E-state index >= 15 is 0 Å². The van der Waals surface area contributed by atoms with Crippen molar-refractivity contribution in [1.82, 2.24) is 24.1 Å². The number of nitrogens with zero attached hydrogens (tertiary/aromatic N) is 5. The summed E-state index contributed by atoms with van der Waals surface area (Å²) in [6.07, 6.45) is 7.70. The third kappa shape index (κ3) is 5.24. The van der Waals surface area contributed by atoms with Crippen LogP contribution in [0.5, 0.6) is 0 Å². The van der Waals surface area contributed by atoms with Crippen LogP contribution in [0.2, 0.25) is 0 Å². The normalized spacial score (nSPS) is 22.0. The number of rotatable bonds is 6. The largest absolute Gasteiger partial charge is 0.381 e. The molecule has 0 saturated carbocycles. The van der Waals surface area contributed by atoms with Gasteiger partial charge in [-0.1, -0.05) is 13.0 Å². The second kappa shape index (κ2) is 11.8. The average Bonchev–Trinajstić information content (AvgIpc) is 3.46. The van der Waals surface area contributed by atoms with Gasteiger partial charge in [0, 0.05) is 49.8 Å². The van der Waals surface area contributed by atoms with E-state index in [-0.39, 0.29) is 12.1 Å². The van der Waals surface area contributed by atoms with Gasteiger partial charge in [-0.25, -0.2) is 13.5 Å². The molecular weight excluding hydrogens is 548 g/mol. The molecule has 7 rings (SSSR count). The Labute approximate surface area is 252 Å². The van der Waals surface area contributed by atoms with Crippen molar-refractivity contribution in [3.63, 3.8) is 0 Å². The van der Waals surface area contributed by atoms with E-state index in [1.807, 2.05) is 10.9 Å². The molecule has 3 fully saturated rings. The van der Waals surface area contributed by atoms with Crippen molar-refractivity contribution in [1.29, 1.82) is 0 Å². The molecule has 2 aromatic heterocycles. The molecule has 0 bridgehead atoms. The summed E-state index contributed by atoms with van der Waals surface area (Å²) in [7, 11) is 2.19. The molecule has 43 heavy (non-hydrogen) atoms. The first-order valence-corrected chi connectivity index (χ1v) is 16.0. The summed E-state index contributed by atoms with van der Waals surface area (Å²) in [4.78, 5) is 8.05. The molecule has 9 heteroatoms. The van der Waals surface area contributed by atoms with Crippen molar-refractivity contribution < 1.29 is 18.3 Å². The van der Waals surface area contributed by atoms with E-state index in [1.165, 1.54) is 12.1 Å². The Balaban J connectivity index is 1.54. The van der Waals surface area contributed by atoms with Gasteiger partial charge in [0.15, 0.2) is 17.9 Å². The molecule has 228 valence electrons. The zero-order chi connectivity index (χ0) is 29.6. The number of fused-ring (bicyclic) bond motifs is 2. The monoisotopic (exact) mass is 590 g/mol. The Kier molecular flexibility index (Phi) is 7.92. The fraction of sp³-hybridized carbons (Fsp3) is 0.529. The summed E-state index contributed by atoms with van der Waals surface area (Å²) >= 11 is 0. The molecule has 7 nitrogen and oxygen atoms in total. The number of piperazine rings is 1. The molecule has 0 amide bonds. The Morgan fingerprint density at radius 1 is 0.953 bits per heavy atom. The fourth-order valence-corrected chi connectivity index (χ4v) is 7.50. The van der Waals surface area contributed by atoms with Crippen LogP contribution in [-0.4, -0.2) is 79.3 Å². The highest BCUT2D eigenvalue weighted by molar-refractivity contribution is 6.09. The Morgan fingerprint density at radius 3 is 2.49 bits per heavy atom. The minimum Gasteiger partial charge on any atom is -0.381 e. The summed E-state index contributed by atoms with van der Waals surface area (Å²) in [6, 6.07) is 8.74. The number of benzene rings is 2. The zero-order valence-electron chi connectivity index (χ0n) is 25.3. The highest BCUT2D eigenvalue weighted by atomic mass is 19.2. The predicted molar refractivity (Wildman–Crippen MR) is 166 cm³/mol. The molecule has 5 heterocycles. The van der Waals surface area contributed by atoms with Crippen molar-refractivity contribution in [3.05, 3.63) is 53.9 Å². The van der Waals surface area contributed by atoms with Crippen molar-refractivity contribution in [2.45, 2.75) is 57.6 Å². The molecule has 2 aromatic carbocycles. The second-order valence-corrected chi connectivity index (χ2v) is 12.7. The maximum Gasteiger partial charge on any atom is 0.235 e. The first-order chi connectivity index (χ1) is 21.0. The van der Waals surface area contributed by atoms with Crippen LogP contribution in [0.15, 0.2) is 36.5 Å². The first-order valence-electron chi connectivity index (χ1n) is 16.0. The summed E-state index contributed by atoms with van der Waals surface area (Å²) in [5, 5.41) is 7.93. The lowest BCUT2D eigenvalue weighted by molar-refractivity contribution is -0.0366. The number of hydrogen-bond acceptors (Lipinski definition) is 5. The van der Waals surface area contributed by atoms with E-state index in [1.54, 1.807) is 6.07 Å². The van der Waals surface area contributed by atoms with Crippen molar-refractivity contribution in [2.24, 2.45) is 0 Å². The van der Waals surface area contributed by atoms with E-state index < -0.39 is 11.6 Å². The molecular formula is C34H42F2N5O2+. The van der Waals surface area contributed by atoms with Gasteiger partial charge in [0.2, 0.25) is 5.82 Å². The van der Waals surface area contributed by atoms with E-state index in [0.29, 0.717) is 18.8 Å². The lowest BCUT2D eigenvalue weighted by Crippen LogP contribution is -2.61. The van der Waals surface area contributed by atoms with Gasteiger partial charge in [-0.05, 0) is 80.8 Å². The Bertz CT molecular complexity index is 1620. The summed E-state index contributed by atoms with van der Waals surface area (Å²) in [5.74, 6) is -0.420. The SMILES string of the molecule is CCC[N+]1(c2nc(C3CCOCC3)c(-c3ccc(F)c(F)c3)c3cc4cnn(C5CCCCO5)c4cc23)CCN(C)CC1. The van der Waals surface area contributed by atoms with Crippen LogP contribution in [0.4, 0.5) is 14.6 Å². The standard InChI is InChI=1S/C34H42F2N5O2/c1-3-13-41(14-11-39(2)12-15-41)34-27-21-30-25(22-37-40(30)31-6-4-5-16-43-31)19-26(27)32(24-7-8-28(35)29(36)20-24)33(38-34)23-9-17-42-18-10-23/h7-8,19-23,31H,3-6,9-18H2,1-2H3/q+1. The minimum atomic E-state index is -0.843. The molecule has 3 saturated heterocycles. The summed E-state index contributed by atoms with van der Waals surface area (Å²) in [5.41, 5.74) is 3.57. The van der Waals surface area contributed by atoms with Gasteiger partial charge in [-0.2, -0.15) is 10.1 Å². The summed E-state index contributed by atoms with van der Waals surface area (Å²) in [6.45, 7) is 9.28. The van der Waals surface area contributed by atoms with Crippen LogP contribution in [0, 0.1) is 11.6 Å². The highest BCUT2D eigenvalue weighted by Gasteiger charge is 2.39. The molecule has 3 aliphatic rings. The van der Waals surface area contributed by atoms with E-state index in [4.69, 9.17) is 19.6 Å². The van der Waals surface area contributed by atoms with Gasteiger partial charge in [-0.15, -0.1) is 0 Å². The van der Waals surface area contributed by atoms with Gasteiger partial charge in [0.05, 0.1) is 42.4 Å². The number of ether oxygens (including phenoxy) is 2. The third-order valence-corrected chi connectivity index (χ3v) is 9.89. The van der Waals surface area contributed by atoms with E-state index in [0.717, 1.165) is 121 Å². The number of halogens is 2. The molecule has 0 N–H and O–H groups in total. The van der Waals surface area contributed by atoms with E-state index in [2.05, 4.69) is 31.0 Å². The maximum absolute atomic E-state index is 14.8. The van der Waals surface area contributed by atoms with Crippen molar-refractivity contribution in [2.75, 3.05) is 59.6 Å². The lowest BCUT2D eigenvalue weighted by atomic mass is 9.86. The number of pyridine rings is 1. The first kappa shape index (κ1) is 28.8. The second-order valence-electron chi connectivity index (χ2n) is 12.7. The smallest absolute Gasteiger partial charge is 0.235 e. The van der Waals surface area contributed by atoms with Crippen LogP contribution >= 0.6 is 0 Å². The van der Waals surface area contributed by atoms with Crippen LogP contribution in [0.3, 0.4) is 0 Å². The minimum absolute atomic E-state index is 0.0882. The van der Waals surface area contributed by atoms with Gasteiger partial charge in [-0.3, -0.25) is 9.38 Å². The van der Waals surface area contributed by atoms with Crippen LogP contribution in [-0.2, 0) is 9.47 Å². The average molecular weight is 591 g/mol. The van der Waals surface area contributed by atoms with Crippen molar-refractivity contribution in [3.8, 4) is 11.1 Å². The summed E-state index contributed by atoms with van der Waals surface area (Å²) < 4.78 is 43.8. The molecule has 0 radical (unpaired) electrons. The maximum atomic E-state index is 14.8. The zero-order valence-corrected chi connectivity index (χ0v) is 25.3. The third-order valence-electron chi connectivity index (χ3n) is 9.89. The Morgan fingerprint density at radius 2 is 1.77 bits per heavy atom. The topological polar surface area (TPSA) is 52.4 Å². The molecule has 3 aliphatic heterocycles. The van der Waals surface area contributed by atoms with Crippen molar-refractivity contribution >= 4 is 27.5 Å². The lowest BCUT2D eigenvalue weighted by Gasteiger charge is -2.43. The molecule has 0 aliphatic carbocycles. The fourth-order valence-electron chi connectivity index (χ4n) is 7.50. The predicted octanol–water partition coefficient (Wildman–Crippen LogP) is 6.79. The van der Waals surface area contributed by atoms with Crippen LogP contribution in [0.1, 0.15) is 63.3 Å².